The number of para-hydroxylation sites is 1. The van der Waals surface area contributed by atoms with Gasteiger partial charge in [0.1, 0.15) is 0 Å². The fraction of sp³-hybridized carbons (Fsp3) is 0.160. The van der Waals surface area contributed by atoms with Crippen molar-refractivity contribution in [2.75, 3.05) is 31.2 Å². The maximum atomic E-state index is 9.47. The van der Waals surface area contributed by atoms with Crippen molar-refractivity contribution >= 4 is 39.5 Å². The largest absolute Gasteiger partial charge is 0.395 e. The summed E-state index contributed by atoms with van der Waals surface area (Å²) in [6, 6.07) is 24.6. The quantitative estimate of drug-likeness (QED) is 0.497. The Balaban J connectivity index is 1.78. The molecule has 29 heavy (non-hydrogen) atoms. The molecule has 0 fully saturated rings. The molecule has 4 rings (SSSR count). The Labute approximate surface area is 170 Å². The number of hydrogen-bond donors (Lipinski definition) is 2. The normalized spacial score (nSPS) is 11.5. The summed E-state index contributed by atoms with van der Waals surface area (Å²) < 4.78 is 0. The molecule has 0 unspecified atom stereocenters. The van der Waals surface area contributed by atoms with E-state index in [9.17, 15) is 10.2 Å². The van der Waals surface area contributed by atoms with Crippen molar-refractivity contribution in [1.82, 2.24) is 4.98 Å². The number of rotatable bonds is 7. The summed E-state index contributed by atoms with van der Waals surface area (Å²) in [4.78, 5) is 6.79. The Hall–Kier alpha value is -3.21. The van der Waals surface area contributed by atoms with Crippen LogP contribution < -0.4 is 4.90 Å². The van der Waals surface area contributed by atoms with Gasteiger partial charge in [-0.05, 0) is 34.5 Å². The summed E-state index contributed by atoms with van der Waals surface area (Å²) in [6.07, 6.45) is 4.11. The lowest BCUT2D eigenvalue weighted by Crippen LogP contribution is -2.30. The summed E-state index contributed by atoms with van der Waals surface area (Å²) in [7, 11) is 0. The van der Waals surface area contributed by atoms with Crippen LogP contribution in [0.4, 0.5) is 5.69 Å². The van der Waals surface area contributed by atoms with Crippen molar-refractivity contribution in [3.63, 3.8) is 0 Å². The number of aromatic nitrogens is 1. The van der Waals surface area contributed by atoms with Crippen molar-refractivity contribution < 1.29 is 10.2 Å². The van der Waals surface area contributed by atoms with E-state index in [-0.39, 0.29) is 13.2 Å². The standard InChI is InChI=1S/C25H24N2O2/c28-16-14-27(15-17-29)25-18-21(26-24-11-4-3-10-23(24)25)13-12-20-8-5-7-19-6-1-2-9-22(19)20/h1-13,18,28-29H,14-17H2/b13-12+. The number of aliphatic hydroxyl groups excluding tert-OH is 2. The highest BCUT2D eigenvalue weighted by Gasteiger charge is 2.11. The zero-order valence-corrected chi connectivity index (χ0v) is 16.2. The molecule has 3 aromatic carbocycles. The molecule has 1 aromatic heterocycles. The van der Waals surface area contributed by atoms with Crippen LogP contribution in [0.15, 0.2) is 72.8 Å². The second kappa shape index (κ2) is 8.86. The fourth-order valence-electron chi connectivity index (χ4n) is 3.69. The number of nitrogens with zero attached hydrogens (tertiary/aromatic N) is 2. The lowest BCUT2D eigenvalue weighted by atomic mass is 10.0. The average Bonchev–Trinajstić information content (AvgIpc) is 2.77. The predicted octanol–water partition coefficient (Wildman–Crippen LogP) is 4.35. The molecule has 4 nitrogen and oxygen atoms in total. The molecular weight excluding hydrogens is 360 g/mol. The van der Waals surface area contributed by atoms with E-state index in [1.54, 1.807) is 0 Å². The van der Waals surface area contributed by atoms with Gasteiger partial charge in [0.25, 0.3) is 0 Å². The van der Waals surface area contributed by atoms with E-state index in [1.165, 1.54) is 10.8 Å². The molecule has 0 saturated heterocycles. The third-order valence-electron chi connectivity index (χ3n) is 5.05. The van der Waals surface area contributed by atoms with E-state index in [2.05, 4.69) is 36.4 Å². The zero-order valence-electron chi connectivity index (χ0n) is 16.2. The molecule has 2 N–H and O–H groups in total. The summed E-state index contributed by atoms with van der Waals surface area (Å²) in [5, 5.41) is 22.4. The first-order valence-electron chi connectivity index (χ1n) is 9.82. The molecule has 0 aliphatic carbocycles. The molecule has 146 valence electrons. The lowest BCUT2D eigenvalue weighted by molar-refractivity contribution is 0.281. The van der Waals surface area contributed by atoms with Gasteiger partial charge in [-0.15, -0.1) is 0 Å². The third kappa shape index (κ3) is 4.14. The Morgan fingerprint density at radius 3 is 2.24 bits per heavy atom. The van der Waals surface area contributed by atoms with Gasteiger partial charge in [-0.3, -0.25) is 0 Å². The van der Waals surface area contributed by atoms with E-state index in [0.717, 1.165) is 27.8 Å². The molecule has 4 aromatic rings. The fourth-order valence-corrected chi connectivity index (χ4v) is 3.69. The van der Waals surface area contributed by atoms with Gasteiger partial charge in [0.05, 0.1) is 24.4 Å². The topological polar surface area (TPSA) is 56.6 Å². The van der Waals surface area contributed by atoms with Gasteiger partial charge in [-0.2, -0.15) is 0 Å². The van der Waals surface area contributed by atoms with Crippen LogP contribution in [0.2, 0.25) is 0 Å². The molecule has 0 radical (unpaired) electrons. The minimum atomic E-state index is 0.0256. The minimum absolute atomic E-state index is 0.0256. The molecule has 0 amide bonds. The van der Waals surface area contributed by atoms with Gasteiger partial charge < -0.3 is 15.1 Å². The van der Waals surface area contributed by atoms with E-state index < -0.39 is 0 Å². The Bertz CT molecular complexity index is 1140. The number of anilines is 1. The van der Waals surface area contributed by atoms with Crippen LogP contribution in [0.25, 0.3) is 33.8 Å². The third-order valence-corrected chi connectivity index (χ3v) is 5.05. The van der Waals surface area contributed by atoms with Crippen LogP contribution in [0.1, 0.15) is 11.3 Å². The van der Waals surface area contributed by atoms with Gasteiger partial charge in [0, 0.05) is 24.2 Å². The highest BCUT2D eigenvalue weighted by Crippen LogP contribution is 2.28. The SMILES string of the molecule is OCCN(CCO)c1cc(/C=C/c2cccc3ccccc23)nc2ccccc12. The second-order valence-corrected chi connectivity index (χ2v) is 6.92. The highest BCUT2D eigenvalue weighted by molar-refractivity contribution is 5.95. The average molecular weight is 384 g/mol. The molecular formula is C25H24N2O2. The number of fused-ring (bicyclic) bond motifs is 2. The maximum absolute atomic E-state index is 9.47. The Morgan fingerprint density at radius 1 is 0.759 bits per heavy atom. The van der Waals surface area contributed by atoms with Crippen molar-refractivity contribution in [3.8, 4) is 0 Å². The first-order valence-corrected chi connectivity index (χ1v) is 9.82. The number of aliphatic hydroxyl groups is 2. The summed E-state index contributed by atoms with van der Waals surface area (Å²) in [5.41, 5.74) is 3.84. The smallest absolute Gasteiger partial charge is 0.0730 e. The van der Waals surface area contributed by atoms with Crippen molar-refractivity contribution in [2.45, 2.75) is 0 Å². The van der Waals surface area contributed by atoms with E-state index in [0.29, 0.717) is 13.1 Å². The van der Waals surface area contributed by atoms with Crippen LogP contribution in [0, 0.1) is 0 Å². The molecule has 4 heteroatoms. The molecule has 0 spiro atoms. The van der Waals surface area contributed by atoms with Gasteiger partial charge in [0.2, 0.25) is 0 Å². The van der Waals surface area contributed by atoms with E-state index in [1.807, 2.05) is 53.4 Å². The van der Waals surface area contributed by atoms with Crippen LogP contribution in [-0.2, 0) is 0 Å². The Morgan fingerprint density at radius 2 is 1.45 bits per heavy atom. The first kappa shape index (κ1) is 19.1. The van der Waals surface area contributed by atoms with Gasteiger partial charge in [-0.1, -0.05) is 66.7 Å². The van der Waals surface area contributed by atoms with E-state index in [4.69, 9.17) is 4.98 Å². The summed E-state index contributed by atoms with van der Waals surface area (Å²) >= 11 is 0. The van der Waals surface area contributed by atoms with Gasteiger partial charge in [-0.25, -0.2) is 4.98 Å². The van der Waals surface area contributed by atoms with Crippen LogP contribution in [0.3, 0.4) is 0 Å². The van der Waals surface area contributed by atoms with Crippen molar-refractivity contribution in [1.29, 1.82) is 0 Å². The molecule has 0 aliphatic heterocycles. The summed E-state index contributed by atoms with van der Waals surface area (Å²) in [5.74, 6) is 0. The molecule has 0 atom stereocenters. The monoisotopic (exact) mass is 384 g/mol. The molecule has 0 saturated carbocycles. The highest BCUT2D eigenvalue weighted by atomic mass is 16.3. The second-order valence-electron chi connectivity index (χ2n) is 6.92. The van der Waals surface area contributed by atoms with E-state index >= 15 is 0 Å². The Kier molecular flexibility index (Phi) is 5.84. The van der Waals surface area contributed by atoms with Gasteiger partial charge >= 0.3 is 0 Å². The first-order chi connectivity index (χ1) is 14.3. The number of benzene rings is 3. The molecule has 1 heterocycles. The van der Waals surface area contributed by atoms with Crippen LogP contribution in [-0.4, -0.2) is 41.5 Å². The van der Waals surface area contributed by atoms with Crippen molar-refractivity contribution in [2.24, 2.45) is 0 Å². The predicted molar refractivity (Wildman–Crippen MR) is 121 cm³/mol. The number of pyridine rings is 1. The maximum Gasteiger partial charge on any atom is 0.0730 e. The van der Waals surface area contributed by atoms with Crippen LogP contribution in [0.5, 0.6) is 0 Å². The molecule has 0 bridgehead atoms. The number of hydrogen-bond acceptors (Lipinski definition) is 4. The zero-order chi connectivity index (χ0) is 20.1. The molecule has 0 aliphatic rings. The van der Waals surface area contributed by atoms with Gasteiger partial charge in [0.15, 0.2) is 0 Å². The minimum Gasteiger partial charge on any atom is -0.395 e. The lowest BCUT2D eigenvalue weighted by Gasteiger charge is -2.24. The van der Waals surface area contributed by atoms with Crippen LogP contribution >= 0.6 is 0 Å². The summed E-state index contributed by atoms with van der Waals surface area (Å²) in [6.45, 7) is 0.970. The van der Waals surface area contributed by atoms with Crippen molar-refractivity contribution in [3.05, 3.63) is 84.1 Å².